The summed E-state index contributed by atoms with van der Waals surface area (Å²) in [7, 11) is 3.09. The molecule has 1 aliphatic heterocycles. The Hall–Kier alpha value is -2.29. The molecule has 0 aliphatic carbocycles. The monoisotopic (exact) mass is 451 g/mol. The number of nitrogens with zero attached hydrogens (tertiary/aromatic N) is 5. The molecule has 1 aromatic carbocycles. The lowest BCUT2D eigenvalue weighted by Gasteiger charge is -2.36. The molecule has 8 nitrogen and oxygen atoms in total. The molecule has 0 saturated carbocycles. The van der Waals surface area contributed by atoms with Gasteiger partial charge < -0.3 is 9.64 Å². The number of aromatic nitrogens is 4. The first-order valence-corrected chi connectivity index (χ1v) is 10.4. The molecule has 4 rings (SSSR count). The van der Waals surface area contributed by atoms with Crippen LogP contribution in [0.4, 0.5) is 5.95 Å². The van der Waals surface area contributed by atoms with E-state index in [1.54, 1.807) is 19.2 Å². The fourth-order valence-corrected chi connectivity index (χ4v) is 4.31. The van der Waals surface area contributed by atoms with Crippen LogP contribution in [0.1, 0.15) is 19.4 Å². The van der Waals surface area contributed by atoms with Crippen molar-refractivity contribution in [2.24, 2.45) is 14.1 Å². The molecular formula is C20H23Cl2N5O3. The number of benzene rings is 1. The lowest BCUT2D eigenvalue weighted by molar-refractivity contribution is -0.00585. The number of hydrogen-bond acceptors (Lipinski definition) is 5. The third kappa shape index (κ3) is 3.53. The Balaban J connectivity index is 1.95. The number of rotatable bonds is 3. The molecule has 2 atom stereocenters. The van der Waals surface area contributed by atoms with Crippen molar-refractivity contribution >= 4 is 40.3 Å². The average molecular weight is 452 g/mol. The van der Waals surface area contributed by atoms with Crippen molar-refractivity contribution in [3.05, 3.63) is 54.6 Å². The van der Waals surface area contributed by atoms with E-state index in [-0.39, 0.29) is 17.8 Å². The Morgan fingerprint density at radius 2 is 1.73 bits per heavy atom. The molecule has 0 bridgehead atoms. The molecule has 0 unspecified atom stereocenters. The van der Waals surface area contributed by atoms with Crippen molar-refractivity contribution in [2.45, 2.75) is 32.6 Å². The summed E-state index contributed by atoms with van der Waals surface area (Å²) in [5.41, 5.74) is 0.788. The van der Waals surface area contributed by atoms with Gasteiger partial charge in [0.15, 0.2) is 11.2 Å². The van der Waals surface area contributed by atoms with Gasteiger partial charge in [0.2, 0.25) is 5.95 Å². The maximum absolute atomic E-state index is 13.1. The first kappa shape index (κ1) is 21.0. The van der Waals surface area contributed by atoms with Crippen molar-refractivity contribution in [3.63, 3.8) is 0 Å². The number of anilines is 1. The first-order chi connectivity index (χ1) is 14.2. The predicted octanol–water partition coefficient (Wildman–Crippen LogP) is 2.40. The van der Waals surface area contributed by atoms with E-state index in [1.165, 1.54) is 11.6 Å². The van der Waals surface area contributed by atoms with Crippen molar-refractivity contribution in [1.82, 2.24) is 18.7 Å². The lowest BCUT2D eigenvalue weighted by atomic mass is 10.2. The minimum atomic E-state index is -0.415. The normalized spacial score (nSPS) is 19.6. The Morgan fingerprint density at radius 3 is 2.37 bits per heavy atom. The van der Waals surface area contributed by atoms with Gasteiger partial charge in [-0.2, -0.15) is 4.98 Å². The van der Waals surface area contributed by atoms with Crippen LogP contribution in [0.25, 0.3) is 11.2 Å². The number of ether oxygens (including phenoxy) is 1. The van der Waals surface area contributed by atoms with Gasteiger partial charge in [-0.05, 0) is 31.5 Å². The molecule has 160 valence electrons. The maximum atomic E-state index is 13.1. The molecule has 1 fully saturated rings. The maximum Gasteiger partial charge on any atom is 0.332 e. The van der Waals surface area contributed by atoms with Gasteiger partial charge in [-0.1, -0.05) is 29.3 Å². The second-order valence-corrected chi connectivity index (χ2v) is 8.60. The van der Waals surface area contributed by atoms with Crippen LogP contribution in [-0.4, -0.2) is 44.0 Å². The lowest BCUT2D eigenvalue weighted by Crippen LogP contribution is -2.46. The molecule has 3 heterocycles. The van der Waals surface area contributed by atoms with Gasteiger partial charge in [0.25, 0.3) is 5.56 Å². The smallest absolute Gasteiger partial charge is 0.332 e. The summed E-state index contributed by atoms with van der Waals surface area (Å²) >= 11 is 12.3. The summed E-state index contributed by atoms with van der Waals surface area (Å²) in [5.74, 6) is 0.622. The molecule has 0 radical (unpaired) electrons. The summed E-state index contributed by atoms with van der Waals surface area (Å²) in [6, 6.07) is 5.36. The highest BCUT2D eigenvalue weighted by atomic mass is 35.5. The number of halogens is 2. The van der Waals surface area contributed by atoms with Crippen LogP contribution < -0.4 is 16.1 Å². The zero-order valence-electron chi connectivity index (χ0n) is 17.2. The fraction of sp³-hybridized carbons (Fsp3) is 0.450. The van der Waals surface area contributed by atoms with Gasteiger partial charge in [0.05, 0.1) is 28.8 Å². The van der Waals surface area contributed by atoms with E-state index in [0.29, 0.717) is 46.8 Å². The molecule has 30 heavy (non-hydrogen) atoms. The number of aryl methyl sites for hydroxylation is 1. The van der Waals surface area contributed by atoms with Crippen LogP contribution in [0.2, 0.25) is 10.0 Å². The Kier molecular flexibility index (Phi) is 5.42. The Labute approximate surface area is 183 Å². The summed E-state index contributed by atoms with van der Waals surface area (Å²) in [6.45, 7) is 5.62. The van der Waals surface area contributed by atoms with Gasteiger partial charge >= 0.3 is 5.69 Å². The molecule has 0 N–H and O–H groups in total. The second-order valence-electron chi connectivity index (χ2n) is 7.79. The molecule has 2 aromatic heterocycles. The summed E-state index contributed by atoms with van der Waals surface area (Å²) < 4.78 is 10.2. The summed E-state index contributed by atoms with van der Waals surface area (Å²) in [5, 5.41) is 0.902. The van der Waals surface area contributed by atoms with Crippen LogP contribution in [0.5, 0.6) is 0 Å². The van der Waals surface area contributed by atoms with E-state index in [1.807, 2.05) is 24.5 Å². The van der Waals surface area contributed by atoms with Gasteiger partial charge in [0, 0.05) is 27.2 Å². The molecule has 3 aromatic rings. The second kappa shape index (κ2) is 7.76. The summed E-state index contributed by atoms with van der Waals surface area (Å²) in [6.07, 6.45) is 0.0253. The average Bonchev–Trinajstić information content (AvgIpc) is 3.06. The third-order valence-electron chi connectivity index (χ3n) is 5.35. The van der Waals surface area contributed by atoms with E-state index in [4.69, 9.17) is 32.9 Å². The molecular weight excluding hydrogens is 429 g/mol. The molecule has 0 amide bonds. The quantitative estimate of drug-likeness (QED) is 0.610. The highest BCUT2D eigenvalue weighted by Crippen LogP contribution is 2.27. The summed E-state index contributed by atoms with van der Waals surface area (Å²) in [4.78, 5) is 32.3. The molecule has 0 spiro atoms. The Bertz CT molecular complexity index is 1240. The number of fused-ring (bicyclic) bond motifs is 1. The van der Waals surface area contributed by atoms with Crippen molar-refractivity contribution < 1.29 is 4.74 Å². The Morgan fingerprint density at radius 1 is 1.07 bits per heavy atom. The fourth-order valence-electron chi connectivity index (χ4n) is 3.99. The van der Waals surface area contributed by atoms with Crippen LogP contribution in [0.3, 0.4) is 0 Å². The van der Waals surface area contributed by atoms with E-state index < -0.39 is 5.69 Å². The van der Waals surface area contributed by atoms with E-state index in [9.17, 15) is 9.59 Å². The standard InChI is InChI=1S/C20H23Cl2N5O3/c1-11-8-26(9-12(2)30-11)19-23-17-16(18(28)25(4)20(29)24(17)3)27(19)10-13-5-6-14(21)15(22)7-13/h5-7,11-12H,8-10H2,1-4H3/t11-,12-/m1/s1. The molecule has 1 aliphatic rings. The van der Waals surface area contributed by atoms with Crippen LogP contribution >= 0.6 is 23.2 Å². The zero-order chi connectivity index (χ0) is 21.7. The van der Waals surface area contributed by atoms with Gasteiger partial charge in [0.1, 0.15) is 0 Å². The van der Waals surface area contributed by atoms with Crippen LogP contribution in [-0.2, 0) is 25.4 Å². The first-order valence-electron chi connectivity index (χ1n) is 9.68. The van der Waals surface area contributed by atoms with E-state index >= 15 is 0 Å². The van der Waals surface area contributed by atoms with Crippen molar-refractivity contribution in [3.8, 4) is 0 Å². The topological polar surface area (TPSA) is 74.3 Å². The third-order valence-corrected chi connectivity index (χ3v) is 6.09. The van der Waals surface area contributed by atoms with Crippen molar-refractivity contribution in [1.29, 1.82) is 0 Å². The van der Waals surface area contributed by atoms with Gasteiger partial charge in [-0.15, -0.1) is 0 Å². The van der Waals surface area contributed by atoms with Crippen molar-refractivity contribution in [2.75, 3.05) is 18.0 Å². The zero-order valence-corrected chi connectivity index (χ0v) is 18.7. The molecule has 1 saturated heterocycles. The van der Waals surface area contributed by atoms with E-state index in [0.717, 1.165) is 10.1 Å². The minimum Gasteiger partial charge on any atom is -0.372 e. The number of hydrogen-bond donors (Lipinski definition) is 0. The predicted molar refractivity (Wildman–Crippen MR) is 118 cm³/mol. The van der Waals surface area contributed by atoms with Gasteiger partial charge in [-0.3, -0.25) is 18.5 Å². The van der Waals surface area contributed by atoms with E-state index in [2.05, 4.69) is 4.90 Å². The van der Waals surface area contributed by atoms with Crippen LogP contribution in [0, 0.1) is 0 Å². The van der Waals surface area contributed by atoms with Crippen LogP contribution in [0.15, 0.2) is 27.8 Å². The molecule has 10 heteroatoms. The van der Waals surface area contributed by atoms with Gasteiger partial charge in [-0.25, -0.2) is 4.79 Å². The highest BCUT2D eigenvalue weighted by Gasteiger charge is 2.28. The number of morpholine rings is 1. The minimum absolute atomic E-state index is 0.0126. The highest BCUT2D eigenvalue weighted by molar-refractivity contribution is 6.42. The largest absolute Gasteiger partial charge is 0.372 e. The SMILES string of the molecule is C[C@@H]1CN(c2nc3c(c(=O)n(C)c(=O)n3C)n2Cc2ccc(Cl)c(Cl)c2)C[C@@H](C)O1. The number of imidazole rings is 1.